The number of rotatable bonds is 7. The van der Waals surface area contributed by atoms with Gasteiger partial charge in [-0.1, -0.05) is 13.0 Å². The first-order valence-electron chi connectivity index (χ1n) is 9.31. The van der Waals surface area contributed by atoms with Crippen LogP contribution in [0.25, 0.3) is 0 Å². The maximum atomic E-state index is 12.6. The molecule has 1 aliphatic rings. The van der Waals surface area contributed by atoms with Gasteiger partial charge in [-0.25, -0.2) is 4.98 Å². The third-order valence-electron chi connectivity index (χ3n) is 4.61. The highest BCUT2D eigenvalue weighted by Gasteiger charge is 2.20. The van der Waals surface area contributed by atoms with Crippen molar-refractivity contribution in [2.75, 3.05) is 19.6 Å². The van der Waals surface area contributed by atoms with Crippen molar-refractivity contribution in [3.05, 3.63) is 45.9 Å². The third-order valence-corrected chi connectivity index (χ3v) is 5.43. The number of nitrogens with zero attached hydrogens (tertiary/aromatic N) is 2. The van der Waals surface area contributed by atoms with E-state index in [1.165, 1.54) is 6.42 Å². The van der Waals surface area contributed by atoms with Crippen molar-refractivity contribution in [1.29, 1.82) is 0 Å². The lowest BCUT2D eigenvalue weighted by molar-refractivity contribution is 0.0910. The summed E-state index contributed by atoms with van der Waals surface area (Å²) in [5, 5.41) is 6.20. The van der Waals surface area contributed by atoms with E-state index in [1.54, 1.807) is 17.4 Å². The van der Waals surface area contributed by atoms with Gasteiger partial charge in [-0.3, -0.25) is 4.79 Å². The fourth-order valence-electron chi connectivity index (χ4n) is 3.24. The second kappa shape index (κ2) is 9.14. The predicted molar refractivity (Wildman–Crippen MR) is 105 cm³/mol. The Balaban J connectivity index is 1.51. The highest BCUT2D eigenvalue weighted by molar-refractivity contribution is 7.09. The topological polar surface area (TPSA) is 54.5 Å². The highest BCUT2D eigenvalue weighted by atomic mass is 32.1. The number of thiazole rings is 1. The molecule has 0 saturated carbocycles. The van der Waals surface area contributed by atoms with Crippen LogP contribution in [0.3, 0.4) is 0 Å². The van der Waals surface area contributed by atoms with Crippen LogP contribution in [0.1, 0.15) is 47.2 Å². The van der Waals surface area contributed by atoms with E-state index in [4.69, 9.17) is 4.74 Å². The molecule has 1 amide bonds. The molecule has 5 nitrogen and oxygen atoms in total. The van der Waals surface area contributed by atoms with Gasteiger partial charge in [0, 0.05) is 30.1 Å². The van der Waals surface area contributed by atoms with Crippen LogP contribution < -0.4 is 10.1 Å². The lowest BCUT2D eigenvalue weighted by Crippen LogP contribution is -2.44. The maximum absolute atomic E-state index is 12.6. The Hall–Kier alpha value is -1.92. The number of aromatic nitrogens is 1. The van der Waals surface area contributed by atoms with Crippen LogP contribution in [0.2, 0.25) is 0 Å². The largest absolute Gasteiger partial charge is 0.487 e. The van der Waals surface area contributed by atoms with Crippen molar-refractivity contribution in [2.45, 2.75) is 45.8 Å². The van der Waals surface area contributed by atoms with Gasteiger partial charge < -0.3 is 15.0 Å². The molecule has 2 heterocycles. The summed E-state index contributed by atoms with van der Waals surface area (Å²) in [6.45, 7) is 7.89. The fourth-order valence-corrected chi connectivity index (χ4v) is 3.84. The number of hydrogen-bond donors (Lipinski definition) is 1. The number of carbonyl (C=O) groups is 1. The molecule has 0 bridgehead atoms. The predicted octanol–water partition coefficient (Wildman–Crippen LogP) is 3.63. The molecule has 26 heavy (non-hydrogen) atoms. The normalized spacial score (nSPS) is 15.8. The number of carbonyl (C=O) groups excluding carboxylic acids is 1. The van der Waals surface area contributed by atoms with Crippen molar-refractivity contribution < 1.29 is 9.53 Å². The number of ether oxygens (including phenoxy) is 1. The molecule has 1 aliphatic heterocycles. The number of likely N-dealkylation sites (tertiary alicyclic amines) is 1. The van der Waals surface area contributed by atoms with Crippen LogP contribution in [-0.2, 0) is 6.61 Å². The first kappa shape index (κ1) is 18.9. The van der Waals surface area contributed by atoms with Gasteiger partial charge in [0.1, 0.15) is 12.4 Å². The SMILES string of the molecule is CCCN1CCC(NC(=O)c2cccc(OCc3csc(C)n3)c2)CC1. The second-order valence-corrected chi connectivity index (χ2v) is 7.83. The Kier molecular flexibility index (Phi) is 6.63. The van der Waals surface area contributed by atoms with Crippen molar-refractivity contribution in [2.24, 2.45) is 0 Å². The van der Waals surface area contributed by atoms with E-state index in [0.717, 1.165) is 43.2 Å². The Bertz CT molecular complexity index is 723. The van der Waals surface area contributed by atoms with Gasteiger partial charge in [-0.05, 0) is 50.9 Å². The van der Waals surface area contributed by atoms with Crippen LogP contribution in [0.5, 0.6) is 5.75 Å². The van der Waals surface area contributed by atoms with Gasteiger partial charge in [-0.2, -0.15) is 0 Å². The highest BCUT2D eigenvalue weighted by Crippen LogP contribution is 2.17. The molecule has 1 aromatic heterocycles. The average molecular weight is 374 g/mol. The number of aryl methyl sites for hydroxylation is 1. The molecule has 0 unspecified atom stereocenters. The van der Waals surface area contributed by atoms with Crippen LogP contribution in [0.4, 0.5) is 0 Å². The Morgan fingerprint density at radius 2 is 2.19 bits per heavy atom. The molecule has 3 rings (SSSR count). The van der Waals surface area contributed by atoms with E-state index in [2.05, 4.69) is 22.1 Å². The molecule has 0 aliphatic carbocycles. The van der Waals surface area contributed by atoms with Gasteiger partial charge in [0.05, 0.1) is 10.7 Å². The smallest absolute Gasteiger partial charge is 0.251 e. The third kappa shape index (κ3) is 5.29. The number of amides is 1. The van der Waals surface area contributed by atoms with Crippen molar-refractivity contribution in [3.63, 3.8) is 0 Å². The van der Waals surface area contributed by atoms with E-state index in [0.29, 0.717) is 17.9 Å². The van der Waals surface area contributed by atoms with E-state index in [1.807, 2.05) is 30.5 Å². The van der Waals surface area contributed by atoms with Crippen LogP contribution in [0, 0.1) is 6.92 Å². The van der Waals surface area contributed by atoms with Crippen LogP contribution in [0.15, 0.2) is 29.6 Å². The molecule has 1 fully saturated rings. The minimum Gasteiger partial charge on any atom is -0.487 e. The summed E-state index contributed by atoms with van der Waals surface area (Å²) < 4.78 is 5.78. The number of nitrogens with one attached hydrogen (secondary N) is 1. The fraction of sp³-hybridized carbons (Fsp3) is 0.500. The van der Waals surface area contributed by atoms with Gasteiger partial charge in [0.2, 0.25) is 0 Å². The van der Waals surface area contributed by atoms with E-state index >= 15 is 0 Å². The number of hydrogen-bond acceptors (Lipinski definition) is 5. The molecule has 0 atom stereocenters. The first-order chi connectivity index (χ1) is 12.6. The molecule has 1 saturated heterocycles. The average Bonchev–Trinajstić information content (AvgIpc) is 3.07. The molecular formula is C20H27N3O2S. The summed E-state index contributed by atoms with van der Waals surface area (Å²) in [6, 6.07) is 7.64. The van der Waals surface area contributed by atoms with Crippen molar-refractivity contribution in [1.82, 2.24) is 15.2 Å². The summed E-state index contributed by atoms with van der Waals surface area (Å²) in [5.41, 5.74) is 1.56. The van der Waals surface area contributed by atoms with Crippen molar-refractivity contribution in [3.8, 4) is 5.75 Å². The van der Waals surface area contributed by atoms with Gasteiger partial charge in [0.15, 0.2) is 0 Å². The number of benzene rings is 1. The minimum absolute atomic E-state index is 0.0195. The zero-order valence-corrected chi connectivity index (χ0v) is 16.3. The maximum Gasteiger partial charge on any atom is 0.251 e. The van der Waals surface area contributed by atoms with Gasteiger partial charge >= 0.3 is 0 Å². The standard InChI is InChI=1S/C20H27N3O2S/c1-3-9-23-10-7-17(8-11-23)22-20(24)16-5-4-6-19(12-16)25-13-18-14-26-15(2)21-18/h4-6,12,14,17H,3,7-11,13H2,1-2H3,(H,22,24). The lowest BCUT2D eigenvalue weighted by Gasteiger charge is -2.32. The summed E-state index contributed by atoms with van der Waals surface area (Å²) in [6.07, 6.45) is 3.22. The quantitative estimate of drug-likeness (QED) is 0.805. The molecule has 140 valence electrons. The summed E-state index contributed by atoms with van der Waals surface area (Å²) in [5.74, 6) is 0.676. The zero-order valence-electron chi connectivity index (χ0n) is 15.5. The summed E-state index contributed by atoms with van der Waals surface area (Å²) in [4.78, 5) is 19.4. The van der Waals surface area contributed by atoms with Crippen molar-refractivity contribution >= 4 is 17.2 Å². The second-order valence-electron chi connectivity index (χ2n) is 6.76. The zero-order chi connectivity index (χ0) is 18.4. The molecule has 1 aromatic carbocycles. The van der Waals surface area contributed by atoms with Crippen LogP contribution >= 0.6 is 11.3 Å². The molecule has 6 heteroatoms. The first-order valence-corrected chi connectivity index (χ1v) is 10.2. The summed E-state index contributed by atoms with van der Waals surface area (Å²) >= 11 is 1.61. The van der Waals surface area contributed by atoms with E-state index in [9.17, 15) is 4.79 Å². The van der Waals surface area contributed by atoms with Gasteiger partial charge in [-0.15, -0.1) is 11.3 Å². The number of piperidine rings is 1. The monoisotopic (exact) mass is 373 g/mol. The lowest BCUT2D eigenvalue weighted by atomic mass is 10.0. The Morgan fingerprint density at radius 1 is 1.38 bits per heavy atom. The van der Waals surface area contributed by atoms with Gasteiger partial charge in [0.25, 0.3) is 5.91 Å². The Labute approximate surface area is 159 Å². The van der Waals surface area contributed by atoms with E-state index in [-0.39, 0.29) is 11.9 Å². The van der Waals surface area contributed by atoms with Crippen LogP contribution in [-0.4, -0.2) is 41.5 Å². The minimum atomic E-state index is -0.0195. The molecule has 1 N–H and O–H groups in total. The van der Waals surface area contributed by atoms with E-state index < -0.39 is 0 Å². The Morgan fingerprint density at radius 3 is 2.88 bits per heavy atom. The molecule has 2 aromatic rings. The molecule has 0 radical (unpaired) electrons. The summed E-state index contributed by atoms with van der Waals surface area (Å²) in [7, 11) is 0. The molecule has 0 spiro atoms. The molecular weight excluding hydrogens is 346 g/mol.